The molecule has 1 aromatic heterocycles. The predicted octanol–water partition coefficient (Wildman–Crippen LogP) is 2.71. The molecule has 0 radical (unpaired) electrons. The number of rotatable bonds is 7. The molecule has 1 fully saturated rings. The summed E-state index contributed by atoms with van der Waals surface area (Å²) in [5.41, 5.74) is 0. The van der Waals surface area contributed by atoms with Gasteiger partial charge in [0.15, 0.2) is 0 Å². The number of nitrogens with one attached hydrogen (secondary N) is 1. The zero-order chi connectivity index (χ0) is 15.5. The van der Waals surface area contributed by atoms with E-state index in [4.69, 9.17) is 0 Å². The van der Waals surface area contributed by atoms with E-state index in [9.17, 15) is 8.42 Å². The van der Waals surface area contributed by atoms with Crippen molar-refractivity contribution in [3.63, 3.8) is 0 Å². The van der Waals surface area contributed by atoms with Gasteiger partial charge in [-0.15, -0.1) is 11.3 Å². The number of hydrogen-bond donors (Lipinski definition) is 1. The van der Waals surface area contributed by atoms with Crippen LogP contribution in [0.4, 0.5) is 0 Å². The summed E-state index contributed by atoms with van der Waals surface area (Å²) >= 11 is 1.42. The number of thiophene rings is 1. The quantitative estimate of drug-likeness (QED) is 0.836. The highest BCUT2D eigenvalue weighted by Crippen LogP contribution is 2.30. The minimum Gasteiger partial charge on any atom is -0.314 e. The van der Waals surface area contributed by atoms with Crippen LogP contribution >= 0.6 is 11.3 Å². The van der Waals surface area contributed by atoms with Gasteiger partial charge in [-0.05, 0) is 30.9 Å². The third kappa shape index (κ3) is 4.28. The minimum atomic E-state index is -3.27. The Bertz CT molecular complexity index is 552. The molecule has 0 aromatic carbocycles. The molecule has 120 valence electrons. The van der Waals surface area contributed by atoms with Crippen LogP contribution in [0.15, 0.2) is 16.3 Å². The lowest BCUT2D eigenvalue weighted by Gasteiger charge is -2.14. The summed E-state index contributed by atoms with van der Waals surface area (Å²) in [4.78, 5) is 1.13. The Kier molecular flexibility index (Phi) is 5.82. The van der Waals surface area contributed by atoms with Crippen LogP contribution in [0.3, 0.4) is 0 Å². The van der Waals surface area contributed by atoms with Gasteiger partial charge < -0.3 is 5.32 Å². The molecule has 1 aliphatic heterocycles. The van der Waals surface area contributed by atoms with E-state index in [2.05, 4.69) is 26.1 Å². The lowest BCUT2D eigenvalue weighted by molar-refractivity contribution is 0.454. The van der Waals surface area contributed by atoms with E-state index in [0.29, 0.717) is 29.3 Å². The summed E-state index contributed by atoms with van der Waals surface area (Å²) in [6.45, 7) is 8.60. The van der Waals surface area contributed by atoms with Crippen LogP contribution in [0.1, 0.15) is 38.5 Å². The van der Waals surface area contributed by atoms with Crippen LogP contribution in [0.2, 0.25) is 0 Å². The van der Waals surface area contributed by atoms with Crippen molar-refractivity contribution in [2.75, 3.05) is 19.6 Å². The fourth-order valence-electron chi connectivity index (χ4n) is 2.59. The number of hydrogen-bond acceptors (Lipinski definition) is 4. The van der Waals surface area contributed by atoms with Gasteiger partial charge in [0, 0.05) is 30.6 Å². The zero-order valence-electron chi connectivity index (χ0n) is 13.1. The van der Waals surface area contributed by atoms with Crippen molar-refractivity contribution in [2.24, 2.45) is 5.92 Å². The molecule has 6 heteroatoms. The normalized spacial score (nSPS) is 20.5. The molecule has 1 aliphatic rings. The van der Waals surface area contributed by atoms with Crippen LogP contribution in [-0.2, 0) is 16.4 Å². The van der Waals surface area contributed by atoms with Gasteiger partial charge in [0.2, 0.25) is 0 Å². The van der Waals surface area contributed by atoms with Crippen LogP contribution in [-0.4, -0.2) is 38.4 Å². The summed E-state index contributed by atoms with van der Waals surface area (Å²) in [6, 6.07) is 4.18. The predicted molar refractivity (Wildman–Crippen MR) is 88.3 cm³/mol. The van der Waals surface area contributed by atoms with E-state index in [1.807, 2.05) is 6.07 Å². The monoisotopic (exact) mass is 330 g/mol. The lowest BCUT2D eigenvalue weighted by atomic mass is 10.1. The standard InChI is InChI=1S/C15H26N2O2S2/c1-4-13-8-10-17(11-13)21(18,19)15-6-5-14(20-15)7-9-16-12(2)3/h5-6,12-13,16H,4,7-11H2,1-3H3. The van der Waals surface area contributed by atoms with Crippen molar-refractivity contribution in [3.8, 4) is 0 Å². The summed E-state index contributed by atoms with van der Waals surface area (Å²) in [6.07, 6.45) is 2.94. The maximum absolute atomic E-state index is 12.6. The fraction of sp³-hybridized carbons (Fsp3) is 0.733. The maximum atomic E-state index is 12.6. The van der Waals surface area contributed by atoms with Crippen molar-refractivity contribution in [3.05, 3.63) is 17.0 Å². The maximum Gasteiger partial charge on any atom is 0.252 e. The van der Waals surface area contributed by atoms with E-state index < -0.39 is 10.0 Å². The third-order valence-electron chi connectivity index (χ3n) is 3.98. The highest BCUT2D eigenvalue weighted by Gasteiger charge is 2.32. The molecule has 1 N–H and O–H groups in total. The molecule has 1 aromatic rings. The Balaban J connectivity index is 1.99. The molecule has 0 aliphatic carbocycles. The molecule has 1 unspecified atom stereocenters. The average Bonchev–Trinajstić information content (AvgIpc) is 3.07. The van der Waals surface area contributed by atoms with Gasteiger partial charge in [-0.25, -0.2) is 8.42 Å². The van der Waals surface area contributed by atoms with Gasteiger partial charge in [0.1, 0.15) is 4.21 Å². The first kappa shape index (κ1) is 16.9. The summed E-state index contributed by atoms with van der Waals surface area (Å²) < 4.78 is 27.4. The van der Waals surface area contributed by atoms with E-state index in [1.165, 1.54) is 11.3 Å². The van der Waals surface area contributed by atoms with E-state index in [0.717, 1.165) is 30.7 Å². The fourth-order valence-corrected chi connectivity index (χ4v) is 5.63. The molecule has 21 heavy (non-hydrogen) atoms. The van der Waals surface area contributed by atoms with Crippen molar-refractivity contribution in [2.45, 2.75) is 50.3 Å². The molecule has 2 rings (SSSR count). The van der Waals surface area contributed by atoms with Crippen LogP contribution in [0.25, 0.3) is 0 Å². The van der Waals surface area contributed by atoms with Gasteiger partial charge in [0.05, 0.1) is 0 Å². The largest absolute Gasteiger partial charge is 0.314 e. The average molecular weight is 331 g/mol. The Labute approximate surface area is 132 Å². The summed E-state index contributed by atoms with van der Waals surface area (Å²) in [7, 11) is -3.27. The zero-order valence-corrected chi connectivity index (χ0v) is 14.8. The highest BCUT2D eigenvalue weighted by molar-refractivity contribution is 7.91. The van der Waals surface area contributed by atoms with Crippen LogP contribution in [0, 0.1) is 5.92 Å². The molecule has 0 spiro atoms. The molecular formula is C15H26N2O2S2. The Morgan fingerprint density at radius 3 is 2.81 bits per heavy atom. The lowest BCUT2D eigenvalue weighted by Crippen LogP contribution is -2.28. The third-order valence-corrected chi connectivity index (χ3v) is 7.46. The first-order chi connectivity index (χ1) is 9.93. The molecule has 4 nitrogen and oxygen atoms in total. The van der Waals surface area contributed by atoms with Crippen LogP contribution in [0.5, 0.6) is 0 Å². The van der Waals surface area contributed by atoms with E-state index in [1.54, 1.807) is 10.4 Å². The van der Waals surface area contributed by atoms with E-state index in [-0.39, 0.29) is 0 Å². The molecule has 0 amide bonds. The van der Waals surface area contributed by atoms with Gasteiger partial charge >= 0.3 is 0 Å². The van der Waals surface area contributed by atoms with Gasteiger partial charge in [-0.3, -0.25) is 0 Å². The SMILES string of the molecule is CCC1CCN(S(=O)(=O)c2ccc(CCNC(C)C)s2)C1. The molecule has 1 saturated heterocycles. The second kappa shape index (κ2) is 7.22. The Hall–Kier alpha value is -0.430. The highest BCUT2D eigenvalue weighted by atomic mass is 32.2. The van der Waals surface area contributed by atoms with Crippen molar-refractivity contribution >= 4 is 21.4 Å². The second-order valence-electron chi connectivity index (χ2n) is 6.01. The van der Waals surface area contributed by atoms with Gasteiger partial charge in [-0.2, -0.15) is 4.31 Å². The van der Waals surface area contributed by atoms with E-state index >= 15 is 0 Å². The molecular weight excluding hydrogens is 304 g/mol. The number of sulfonamides is 1. The first-order valence-corrected chi connectivity index (χ1v) is 10.0. The molecule has 0 bridgehead atoms. The second-order valence-corrected chi connectivity index (χ2v) is 9.34. The Morgan fingerprint density at radius 1 is 1.43 bits per heavy atom. The topological polar surface area (TPSA) is 49.4 Å². The van der Waals surface area contributed by atoms with Crippen molar-refractivity contribution in [1.29, 1.82) is 0 Å². The minimum absolute atomic E-state index is 0.462. The molecule has 0 saturated carbocycles. The van der Waals surface area contributed by atoms with Gasteiger partial charge in [-0.1, -0.05) is 27.2 Å². The molecule has 2 heterocycles. The van der Waals surface area contributed by atoms with Gasteiger partial charge in [0.25, 0.3) is 10.0 Å². The smallest absolute Gasteiger partial charge is 0.252 e. The summed E-state index contributed by atoms with van der Waals surface area (Å²) in [5, 5.41) is 3.36. The Morgan fingerprint density at radius 2 is 2.19 bits per heavy atom. The van der Waals surface area contributed by atoms with Crippen molar-refractivity contribution in [1.82, 2.24) is 9.62 Å². The van der Waals surface area contributed by atoms with Crippen LogP contribution < -0.4 is 5.32 Å². The first-order valence-electron chi connectivity index (χ1n) is 7.75. The summed E-state index contributed by atoms with van der Waals surface area (Å²) in [5.74, 6) is 0.523. The molecule has 1 atom stereocenters. The van der Waals surface area contributed by atoms with Crippen molar-refractivity contribution < 1.29 is 8.42 Å². The number of nitrogens with zero attached hydrogens (tertiary/aromatic N) is 1.